The highest BCUT2D eigenvalue weighted by Crippen LogP contribution is 2.10. The maximum atomic E-state index is 11.9. The van der Waals surface area contributed by atoms with E-state index in [0.29, 0.717) is 17.7 Å². The molecule has 1 atom stereocenters. The summed E-state index contributed by atoms with van der Waals surface area (Å²) in [5.41, 5.74) is 1.34. The molecule has 0 aliphatic rings. The van der Waals surface area contributed by atoms with E-state index in [2.05, 4.69) is 10.6 Å². The van der Waals surface area contributed by atoms with Crippen LogP contribution in [0.25, 0.3) is 0 Å². The van der Waals surface area contributed by atoms with Crippen molar-refractivity contribution in [1.29, 1.82) is 0 Å². The molecule has 0 aliphatic carbocycles. The smallest absolute Gasteiger partial charge is 0.248 e. The van der Waals surface area contributed by atoms with Gasteiger partial charge in [-0.2, -0.15) is 0 Å². The second-order valence-corrected chi connectivity index (χ2v) is 5.21. The van der Waals surface area contributed by atoms with E-state index in [4.69, 9.17) is 5.11 Å². The lowest BCUT2D eigenvalue weighted by Crippen LogP contribution is -2.37. The Balaban J connectivity index is 2.66. The Morgan fingerprint density at radius 1 is 1.17 bits per heavy atom. The third-order valence-electron chi connectivity index (χ3n) is 3.31. The number of hydrogen-bond donors (Lipinski definition) is 3. The third-order valence-corrected chi connectivity index (χ3v) is 3.31. The van der Waals surface area contributed by atoms with Crippen LogP contribution in [0.2, 0.25) is 0 Å². The molecule has 23 heavy (non-hydrogen) atoms. The minimum Gasteiger partial charge on any atom is -0.394 e. The van der Waals surface area contributed by atoms with Crippen LogP contribution in [0.15, 0.2) is 35.9 Å². The van der Waals surface area contributed by atoms with Gasteiger partial charge >= 0.3 is 0 Å². The first-order valence-corrected chi connectivity index (χ1v) is 7.39. The molecular formula is C17H22N2O4. The Bertz CT molecular complexity index is 602. The van der Waals surface area contributed by atoms with Crippen molar-refractivity contribution in [3.8, 4) is 0 Å². The van der Waals surface area contributed by atoms with Gasteiger partial charge in [-0.3, -0.25) is 14.4 Å². The summed E-state index contributed by atoms with van der Waals surface area (Å²) in [5.74, 6) is -0.886. The molecule has 3 N–H and O–H groups in total. The molecule has 0 aliphatic heterocycles. The lowest BCUT2D eigenvalue weighted by atomic mass is 10.1. The summed E-state index contributed by atoms with van der Waals surface area (Å²) in [4.78, 5) is 34.9. The molecule has 124 valence electrons. The number of amides is 2. The van der Waals surface area contributed by atoms with Gasteiger partial charge in [0.15, 0.2) is 5.78 Å². The number of anilines is 1. The third kappa shape index (κ3) is 6.04. The zero-order chi connectivity index (χ0) is 17.4. The van der Waals surface area contributed by atoms with Crippen molar-refractivity contribution < 1.29 is 19.5 Å². The first kappa shape index (κ1) is 18.6. The van der Waals surface area contributed by atoms with Crippen LogP contribution < -0.4 is 10.6 Å². The molecule has 0 spiro atoms. The van der Waals surface area contributed by atoms with E-state index >= 15 is 0 Å². The van der Waals surface area contributed by atoms with Crippen LogP contribution >= 0.6 is 0 Å². The number of ketones is 1. The van der Waals surface area contributed by atoms with Gasteiger partial charge < -0.3 is 15.7 Å². The normalized spacial score (nSPS) is 12.4. The molecule has 0 fully saturated rings. The van der Waals surface area contributed by atoms with Crippen molar-refractivity contribution in [3.05, 3.63) is 41.5 Å². The summed E-state index contributed by atoms with van der Waals surface area (Å²) in [6.07, 6.45) is 1.79. The van der Waals surface area contributed by atoms with Gasteiger partial charge in [-0.15, -0.1) is 0 Å². The summed E-state index contributed by atoms with van der Waals surface area (Å²) >= 11 is 0. The Morgan fingerprint density at radius 2 is 1.78 bits per heavy atom. The van der Waals surface area contributed by atoms with Gasteiger partial charge in [0.2, 0.25) is 11.8 Å². The molecule has 0 radical (unpaired) electrons. The molecule has 1 unspecified atom stereocenters. The van der Waals surface area contributed by atoms with Crippen LogP contribution in [0.3, 0.4) is 0 Å². The molecule has 0 bridgehead atoms. The highest BCUT2D eigenvalue weighted by Gasteiger charge is 2.12. The number of benzene rings is 1. The first-order valence-electron chi connectivity index (χ1n) is 7.39. The number of hydrogen-bond acceptors (Lipinski definition) is 4. The highest BCUT2D eigenvalue weighted by atomic mass is 16.3. The number of rotatable bonds is 7. The fourth-order valence-corrected chi connectivity index (χ4v) is 1.80. The van der Waals surface area contributed by atoms with Crippen molar-refractivity contribution in [2.45, 2.75) is 33.2 Å². The van der Waals surface area contributed by atoms with Gasteiger partial charge in [-0.25, -0.2) is 0 Å². The van der Waals surface area contributed by atoms with Gasteiger partial charge in [-0.1, -0.05) is 6.92 Å². The van der Waals surface area contributed by atoms with Crippen molar-refractivity contribution in [2.24, 2.45) is 0 Å². The van der Waals surface area contributed by atoms with E-state index in [-0.39, 0.29) is 24.0 Å². The van der Waals surface area contributed by atoms with Gasteiger partial charge in [-0.05, 0) is 44.5 Å². The molecule has 0 saturated carbocycles. The van der Waals surface area contributed by atoms with E-state index in [1.165, 1.54) is 19.9 Å². The molecule has 1 rings (SSSR count). The van der Waals surface area contributed by atoms with E-state index in [1.807, 2.05) is 6.92 Å². The molecule has 6 nitrogen and oxygen atoms in total. The highest BCUT2D eigenvalue weighted by molar-refractivity contribution is 6.06. The summed E-state index contributed by atoms with van der Waals surface area (Å²) in [7, 11) is 0. The molecule has 6 heteroatoms. The number of nitrogens with one attached hydrogen (secondary N) is 2. The van der Waals surface area contributed by atoms with E-state index in [1.54, 1.807) is 24.3 Å². The molecule has 1 aromatic carbocycles. The molecule has 0 heterocycles. The van der Waals surface area contributed by atoms with E-state index < -0.39 is 11.8 Å². The summed E-state index contributed by atoms with van der Waals surface area (Å²) in [6.45, 7) is 4.69. The number of carbonyl (C=O) groups is 3. The number of carbonyl (C=O) groups excluding carboxylic acids is 3. The van der Waals surface area contributed by atoms with Gasteiger partial charge in [0.05, 0.1) is 12.6 Å². The van der Waals surface area contributed by atoms with Crippen LogP contribution in [0.5, 0.6) is 0 Å². The largest absolute Gasteiger partial charge is 0.394 e. The Kier molecular flexibility index (Phi) is 7.15. The Hall–Kier alpha value is -2.47. The maximum Gasteiger partial charge on any atom is 0.248 e. The summed E-state index contributed by atoms with van der Waals surface area (Å²) < 4.78 is 0. The fourth-order valence-electron chi connectivity index (χ4n) is 1.80. The lowest BCUT2D eigenvalue weighted by Gasteiger charge is -2.14. The Morgan fingerprint density at radius 3 is 2.26 bits per heavy atom. The SMILES string of the molecule is CCC(CO)NC(=O)/C(C)=C/C(=O)Nc1ccc(C(C)=O)cc1. The number of Topliss-reactive ketones (excluding diaryl/α,β-unsaturated/α-hetero) is 1. The maximum absolute atomic E-state index is 11.9. The minimum atomic E-state index is -0.440. The van der Waals surface area contributed by atoms with Gasteiger partial charge in [0, 0.05) is 22.9 Å². The second kappa shape index (κ2) is 8.85. The number of aliphatic hydroxyl groups is 1. The van der Waals surface area contributed by atoms with Gasteiger partial charge in [0.1, 0.15) is 0 Å². The molecule has 0 aromatic heterocycles. The van der Waals surface area contributed by atoms with Crippen LogP contribution in [-0.2, 0) is 9.59 Å². The average Bonchev–Trinajstić information content (AvgIpc) is 2.52. The standard InChI is InChI=1S/C17H22N2O4/c1-4-14(10-20)19-17(23)11(2)9-16(22)18-15-7-5-13(6-8-15)12(3)21/h5-9,14,20H,4,10H2,1-3H3,(H,18,22)(H,19,23)/b11-9+. The minimum absolute atomic E-state index is 0.0513. The number of aliphatic hydroxyl groups excluding tert-OH is 1. The molecule has 1 aromatic rings. The first-order chi connectivity index (χ1) is 10.9. The van der Waals surface area contributed by atoms with Gasteiger partial charge in [0.25, 0.3) is 0 Å². The summed E-state index contributed by atoms with van der Waals surface area (Å²) in [6, 6.07) is 6.16. The van der Waals surface area contributed by atoms with E-state index in [9.17, 15) is 14.4 Å². The van der Waals surface area contributed by atoms with Crippen LogP contribution in [0, 0.1) is 0 Å². The second-order valence-electron chi connectivity index (χ2n) is 5.21. The summed E-state index contributed by atoms with van der Waals surface area (Å²) in [5, 5.41) is 14.3. The lowest BCUT2D eigenvalue weighted by molar-refractivity contribution is -0.119. The Labute approximate surface area is 135 Å². The van der Waals surface area contributed by atoms with E-state index in [0.717, 1.165) is 0 Å². The topological polar surface area (TPSA) is 95.5 Å². The zero-order valence-corrected chi connectivity index (χ0v) is 13.6. The predicted octanol–water partition coefficient (Wildman–Crippen LogP) is 1.66. The molecule has 2 amide bonds. The predicted molar refractivity (Wildman–Crippen MR) is 88.1 cm³/mol. The van der Waals surface area contributed by atoms with Crippen LogP contribution in [0.4, 0.5) is 5.69 Å². The van der Waals surface area contributed by atoms with Crippen LogP contribution in [-0.4, -0.2) is 35.4 Å². The van der Waals surface area contributed by atoms with Crippen LogP contribution in [0.1, 0.15) is 37.6 Å². The monoisotopic (exact) mass is 318 g/mol. The zero-order valence-electron chi connectivity index (χ0n) is 13.6. The van der Waals surface area contributed by atoms with Crippen molar-refractivity contribution in [3.63, 3.8) is 0 Å². The van der Waals surface area contributed by atoms with Crippen molar-refractivity contribution in [2.75, 3.05) is 11.9 Å². The quantitative estimate of drug-likeness (QED) is 0.526. The van der Waals surface area contributed by atoms with Crippen molar-refractivity contribution in [1.82, 2.24) is 5.32 Å². The molecular weight excluding hydrogens is 296 g/mol. The fraction of sp³-hybridized carbons (Fsp3) is 0.353. The molecule has 0 saturated heterocycles. The average molecular weight is 318 g/mol. The van der Waals surface area contributed by atoms with Crippen molar-refractivity contribution >= 4 is 23.3 Å².